The minimum absolute atomic E-state index is 0.200. The van der Waals surface area contributed by atoms with E-state index in [0.717, 1.165) is 6.42 Å². The maximum atomic E-state index is 11.0. The summed E-state index contributed by atoms with van der Waals surface area (Å²) in [7, 11) is 0. The molecule has 0 aromatic rings. The van der Waals surface area contributed by atoms with Crippen LogP contribution in [0.4, 0.5) is 0 Å². The van der Waals surface area contributed by atoms with Crippen LogP contribution >= 0.6 is 0 Å². The molecular weight excluding hydrogens is 192 g/mol. The molecule has 86 valence electrons. The number of carbonyl (C=O) groups is 1. The zero-order valence-corrected chi connectivity index (χ0v) is 9.37. The Morgan fingerprint density at radius 3 is 2.47 bits per heavy atom. The molecule has 1 saturated heterocycles. The van der Waals surface area contributed by atoms with Gasteiger partial charge in [-0.15, -0.1) is 0 Å². The molecule has 2 aliphatic rings. The Bertz CT molecular complexity index is 245. The van der Waals surface area contributed by atoms with Gasteiger partial charge in [0.05, 0.1) is 6.10 Å². The third-order valence-electron chi connectivity index (χ3n) is 3.95. The summed E-state index contributed by atoms with van der Waals surface area (Å²) in [4.78, 5) is 11.0. The van der Waals surface area contributed by atoms with E-state index in [1.165, 1.54) is 32.1 Å². The summed E-state index contributed by atoms with van der Waals surface area (Å²) in [5.74, 6) is -0.194. The molecular formula is C12H20O3. The summed E-state index contributed by atoms with van der Waals surface area (Å²) in [6.45, 7) is 1.71. The van der Waals surface area contributed by atoms with Gasteiger partial charge in [0.2, 0.25) is 0 Å². The van der Waals surface area contributed by atoms with E-state index in [4.69, 9.17) is 9.84 Å². The third-order valence-corrected chi connectivity index (χ3v) is 3.95. The molecule has 0 aromatic carbocycles. The number of carboxylic acids is 1. The highest BCUT2D eigenvalue weighted by atomic mass is 16.5. The Labute approximate surface area is 90.8 Å². The van der Waals surface area contributed by atoms with E-state index in [9.17, 15) is 4.79 Å². The molecule has 1 aliphatic carbocycles. The molecule has 1 heterocycles. The van der Waals surface area contributed by atoms with Crippen LogP contribution in [-0.2, 0) is 9.53 Å². The molecule has 0 spiro atoms. The summed E-state index contributed by atoms with van der Waals surface area (Å²) in [6.07, 6.45) is 8.14. The number of hydrogen-bond donors (Lipinski definition) is 1. The van der Waals surface area contributed by atoms with Crippen LogP contribution in [0.25, 0.3) is 0 Å². The molecule has 3 nitrogen and oxygen atoms in total. The largest absolute Gasteiger partial charge is 0.479 e. The topological polar surface area (TPSA) is 46.5 Å². The monoisotopic (exact) mass is 212 g/mol. The Morgan fingerprint density at radius 1 is 1.27 bits per heavy atom. The minimum atomic E-state index is -0.915. The van der Waals surface area contributed by atoms with Crippen LogP contribution in [0.5, 0.6) is 0 Å². The molecule has 0 radical (unpaired) electrons. The first-order valence-electron chi connectivity index (χ1n) is 6.03. The van der Waals surface area contributed by atoms with E-state index < -0.39 is 11.6 Å². The van der Waals surface area contributed by atoms with E-state index in [1.54, 1.807) is 6.92 Å². The Balaban J connectivity index is 1.94. The van der Waals surface area contributed by atoms with Crippen LogP contribution in [0.3, 0.4) is 0 Å². The molecule has 0 aromatic heterocycles. The lowest BCUT2D eigenvalue weighted by atomic mass is 9.84. The minimum Gasteiger partial charge on any atom is -0.479 e. The fraction of sp³-hybridized carbons (Fsp3) is 0.917. The summed E-state index contributed by atoms with van der Waals surface area (Å²) >= 11 is 0. The van der Waals surface area contributed by atoms with Gasteiger partial charge in [0.1, 0.15) is 0 Å². The second-order valence-corrected chi connectivity index (χ2v) is 5.13. The number of ether oxygens (including phenoxy) is 1. The molecule has 15 heavy (non-hydrogen) atoms. The van der Waals surface area contributed by atoms with Crippen molar-refractivity contribution in [2.24, 2.45) is 5.92 Å². The zero-order valence-electron chi connectivity index (χ0n) is 9.37. The first-order valence-corrected chi connectivity index (χ1v) is 6.03. The molecule has 2 unspecified atom stereocenters. The number of carboxylic acid groups (broad SMARTS) is 1. The van der Waals surface area contributed by atoms with Crippen LogP contribution in [0.2, 0.25) is 0 Å². The second kappa shape index (κ2) is 4.12. The summed E-state index contributed by atoms with van der Waals surface area (Å²) in [6, 6.07) is 0. The van der Waals surface area contributed by atoms with Crippen molar-refractivity contribution in [1.29, 1.82) is 0 Å². The van der Waals surface area contributed by atoms with E-state index >= 15 is 0 Å². The van der Waals surface area contributed by atoms with E-state index in [-0.39, 0.29) is 6.10 Å². The van der Waals surface area contributed by atoms with Gasteiger partial charge >= 0.3 is 5.97 Å². The molecule has 1 aliphatic heterocycles. The lowest BCUT2D eigenvalue weighted by molar-refractivity contribution is -0.164. The molecule has 2 atom stereocenters. The number of rotatable bonds is 2. The van der Waals surface area contributed by atoms with Crippen molar-refractivity contribution in [1.82, 2.24) is 0 Å². The van der Waals surface area contributed by atoms with Crippen molar-refractivity contribution >= 4 is 5.97 Å². The van der Waals surface area contributed by atoms with Crippen molar-refractivity contribution in [2.45, 2.75) is 63.6 Å². The Hall–Kier alpha value is -0.570. The van der Waals surface area contributed by atoms with Gasteiger partial charge in [0, 0.05) is 0 Å². The maximum absolute atomic E-state index is 11.0. The normalized spacial score (nSPS) is 38.1. The fourth-order valence-corrected chi connectivity index (χ4v) is 2.86. The molecule has 1 N–H and O–H groups in total. The zero-order chi connectivity index (χ0) is 10.9. The molecule has 2 fully saturated rings. The first-order chi connectivity index (χ1) is 7.12. The van der Waals surface area contributed by atoms with Crippen LogP contribution < -0.4 is 0 Å². The van der Waals surface area contributed by atoms with E-state index in [1.807, 2.05) is 0 Å². The number of hydrogen-bond acceptors (Lipinski definition) is 2. The van der Waals surface area contributed by atoms with Gasteiger partial charge in [-0.2, -0.15) is 0 Å². The van der Waals surface area contributed by atoms with Crippen molar-refractivity contribution in [3.8, 4) is 0 Å². The van der Waals surface area contributed by atoms with Crippen molar-refractivity contribution in [2.75, 3.05) is 0 Å². The van der Waals surface area contributed by atoms with Crippen molar-refractivity contribution < 1.29 is 14.6 Å². The summed E-state index contributed by atoms with van der Waals surface area (Å²) < 4.78 is 5.75. The predicted octanol–water partition coefficient (Wildman–Crippen LogP) is 2.59. The Kier molecular flexibility index (Phi) is 3.01. The highest BCUT2D eigenvalue weighted by molar-refractivity contribution is 5.77. The van der Waals surface area contributed by atoms with Gasteiger partial charge in [0.15, 0.2) is 5.60 Å². The highest BCUT2D eigenvalue weighted by Gasteiger charge is 2.44. The summed E-state index contributed by atoms with van der Waals surface area (Å²) in [5, 5.41) is 9.06. The lowest BCUT2D eigenvalue weighted by Crippen LogP contribution is -2.36. The van der Waals surface area contributed by atoms with Gasteiger partial charge in [0.25, 0.3) is 0 Å². The molecule has 0 bridgehead atoms. The average Bonchev–Trinajstić information content (AvgIpc) is 2.64. The molecule has 0 amide bonds. The van der Waals surface area contributed by atoms with Gasteiger partial charge in [-0.1, -0.05) is 19.3 Å². The maximum Gasteiger partial charge on any atom is 0.335 e. The summed E-state index contributed by atoms with van der Waals surface area (Å²) in [5.41, 5.74) is -0.915. The second-order valence-electron chi connectivity index (χ2n) is 5.13. The quantitative estimate of drug-likeness (QED) is 0.765. The average molecular weight is 212 g/mol. The van der Waals surface area contributed by atoms with E-state index in [2.05, 4.69) is 0 Å². The molecule has 1 saturated carbocycles. The predicted molar refractivity (Wildman–Crippen MR) is 56.7 cm³/mol. The van der Waals surface area contributed by atoms with E-state index in [0.29, 0.717) is 12.3 Å². The van der Waals surface area contributed by atoms with Gasteiger partial charge in [-0.3, -0.25) is 0 Å². The fourth-order valence-electron chi connectivity index (χ4n) is 2.86. The van der Waals surface area contributed by atoms with Crippen molar-refractivity contribution in [3.63, 3.8) is 0 Å². The third kappa shape index (κ3) is 2.17. The van der Waals surface area contributed by atoms with Gasteiger partial charge in [-0.25, -0.2) is 4.79 Å². The lowest BCUT2D eigenvalue weighted by Gasteiger charge is -2.28. The first kappa shape index (κ1) is 10.9. The number of aliphatic carboxylic acids is 1. The van der Waals surface area contributed by atoms with Crippen molar-refractivity contribution in [3.05, 3.63) is 0 Å². The smallest absolute Gasteiger partial charge is 0.335 e. The SMILES string of the molecule is CC1(C(=O)O)CCC(C2CCCCC2)O1. The highest BCUT2D eigenvalue weighted by Crippen LogP contribution is 2.39. The van der Waals surface area contributed by atoms with Crippen LogP contribution in [0, 0.1) is 5.92 Å². The van der Waals surface area contributed by atoms with Crippen LogP contribution in [-0.4, -0.2) is 22.8 Å². The Morgan fingerprint density at radius 2 is 1.93 bits per heavy atom. The molecule has 2 rings (SSSR count). The van der Waals surface area contributed by atoms with Gasteiger partial charge < -0.3 is 9.84 Å². The van der Waals surface area contributed by atoms with Gasteiger partial charge in [-0.05, 0) is 38.5 Å². The standard InChI is InChI=1S/C12H20O3/c1-12(11(13)14)8-7-10(15-12)9-5-3-2-4-6-9/h9-10H,2-8H2,1H3,(H,13,14). The van der Waals surface area contributed by atoms with Crippen LogP contribution in [0.1, 0.15) is 51.9 Å². The van der Waals surface area contributed by atoms with Crippen LogP contribution in [0.15, 0.2) is 0 Å². The molecule has 3 heteroatoms.